The lowest BCUT2D eigenvalue weighted by molar-refractivity contribution is 0.119. The molecule has 1 aromatic heterocycles. The fourth-order valence-corrected chi connectivity index (χ4v) is 5.27. The van der Waals surface area contributed by atoms with Gasteiger partial charge in [-0.15, -0.1) is 0 Å². The van der Waals surface area contributed by atoms with Crippen LogP contribution in [0.3, 0.4) is 0 Å². The molecule has 2 amide bonds. The summed E-state index contributed by atoms with van der Waals surface area (Å²) < 4.78 is 7.26. The summed E-state index contributed by atoms with van der Waals surface area (Å²) in [5.74, 6) is 0.858. The van der Waals surface area contributed by atoms with Gasteiger partial charge in [0.05, 0.1) is 24.7 Å². The maximum absolute atomic E-state index is 12.2. The number of carbonyl (C=O) groups is 2. The molecule has 5 rings (SSSR count). The van der Waals surface area contributed by atoms with Crippen LogP contribution in [0.4, 0.5) is 15.5 Å². The average Bonchev–Trinajstić information content (AvgIpc) is 3.29. The van der Waals surface area contributed by atoms with Crippen molar-refractivity contribution < 1.29 is 19.4 Å². The minimum absolute atomic E-state index is 0.133. The molecule has 0 radical (unpaired) electrons. The number of carbonyl (C=O) groups excluding carboxylic acids is 1. The number of hydrogen-bond donors (Lipinski definition) is 1. The van der Waals surface area contributed by atoms with Crippen LogP contribution in [0.5, 0.6) is 0 Å². The van der Waals surface area contributed by atoms with Gasteiger partial charge in [0, 0.05) is 44.3 Å². The number of ether oxygens (including phenoxy) is 1. The molecule has 3 aromatic rings. The number of rotatable bonds is 4. The maximum atomic E-state index is 12.2. The molecule has 184 valence electrons. The number of methoxy groups -OCH3 is 1. The third kappa shape index (κ3) is 4.38. The minimum Gasteiger partial charge on any atom is -0.465 e. The van der Waals surface area contributed by atoms with E-state index < -0.39 is 6.09 Å². The Morgan fingerprint density at radius 3 is 2.46 bits per heavy atom. The van der Waals surface area contributed by atoms with Gasteiger partial charge >= 0.3 is 12.2 Å². The number of carboxylic acid groups (broad SMARTS) is 1. The van der Waals surface area contributed by atoms with E-state index in [4.69, 9.17) is 9.72 Å². The van der Waals surface area contributed by atoms with E-state index in [-0.39, 0.29) is 12.1 Å². The van der Waals surface area contributed by atoms with Crippen molar-refractivity contribution in [1.29, 1.82) is 0 Å². The largest absolute Gasteiger partial charge is 0.465 e. The van der Waals surface area contributed by atoms with E-state index >= 15 is 0 Å². The van der Waals surface area contributed by atoms with Gasteiger partial charge in [0.1, 0.15) is 0 Å². The first-order chi connectivity index (χ1) is 17.0. The second-order valence-corrected chi connectivity index (χ2v) is 9.29. The topological polar surface area (TPSA) is 91.1 Å². The number of benzene rings is 2. The maximum Gasteiger partial charge on any atom is 0.409 e. The Labute approximate surface area is 204 Å². The lowest BCUT2D eigenvalue weighted by atomic mass is 9.98. The normalized spacial score (nSPS) is 16.8. The summed E-state index contributed by atoms with van der Waals surface area (Å²) in [5, 5.41) is 9.38. The Morgan fingerprint density at radius 1 is 1.03 bits per heavy atom. The molecule has 2 aromatic carbocycles. The fraction of sp³-hybridized carbons (Fsp3) is 0.423. The molecule has 9 nitrogen and oxygen atoms in total. The number of fused-ring (bicyclic) bond motifs is 3. The zero-order valence-corrected chi connectivity index (χ0v) is 20.2. The number of nitrogens with zero attached hydrogens (tertiary/aromatic N) is 5. The van der Waals surface area contributed by atoms with E-state index in [2.05, 4.69) is 52.8 Å². The molecule has 2 aliphatic heterocycles. The van der Waals surface area contributed by atoms with E-state index in [0.717, 1.165) is 35.4 Å². The van der Waals surface area contributed by atoms with E-state index in [1.54, 1.807) is 4.90 Å². The zero-order chi connectivity index (χ0) is 24.5. The summed E-state index contributed by atoms with van der Waals surface area (Å²) in [7, 11) is 1.41. The summed E-state index contributed by atoms with van der Waals surface area (Å²) in [4.78, 5) is 34.2. The Balaban J connectivity index is 1.56. The molecule has 35 heavy (non-hydrogen) atoms. The van der Waals surface area contributed by atoms with Crippen LogP contribution in [0, 0.1) is 0 Å². The molecule has 0 spiro atoms. The van der Waals surface area contributed by atoms with Gasteiger partial charge in [0.25, 0.3) is 0 Å². The number of amides is 2. The predicted octanol–water partition coefficient (Wildman–Crippen LogP) is 3.76. The molecule has 1 atom stereocenters. The van der Waals surface area contributed by atoms with Crippen molar-refractivity contribution in [3.63, 3.8) is 0 Å². The standard InChI is InChI=1S/C26H31N5O4/c1-18(16-19-6-4-3-5-7-19)31-22-9-8-20-10-11-30(26(34)35-2)17-21(20)23(22)27-24(31)28-12-14-29(15-13-28)25(32)33/h3-9,18H,10-17H2,1-2H3,(H,32,33)/t18-/m1/s1. The molecule has 1 N–H and O–H groups in total. The highest BCUT2D eigenvalue weighted by atomic mass is 16.5. The SMILES string of the molecule is COC(=O)N1CCc2ccc3c(nc(N4CCN(C(=O)O)CC4)n3[C@H](C)Cc3ccccc3)c2C1. The first-order valence-electron chi connectivity index (χ1n) is 12.1. The Hall–Kier alpha value is -3.75. The quantitative estimate of drug-likeness (QED) is 0.615. The summed E-state index contributed by atoms with van der Waals surface area (Å²) >= 11 is 0. The highest BCUT2D eigenvalue weighted by molar-refractivity contribution is 5.84. The number of piperazine rings is 1. The minimum atomic E-state index is -0.882. The molecule has 0 aliphatic carbocycles. The van der Waals surface area contributed by atoms with Crippen LogP contribution in [0.2, 0.25) is 0 Å². The van der Waals surface area contributed by atoms with Gasteiger partial charge in [-0.1, -0.05) is 36.4 Å². The van der Waals surface area contributed by atoms with Crippen molar-refractivity contribution in [1.82, 2.24) is 19.4 Å². The molecule has 1 fully saturated rings. The van der Waals surface area contributed by atoms with Crippen LogP contribution < -0.4 is 4.90 Å². The molecule has 2 aliphatic rings. The Morgan fingerprint density at radius 2 is 1.77 bits per heavy atom. The molecule has 0 bridgehead atoms. The summed E-state index contributed by atoms with van der Waals surface area (Å²) in [6.07, 6.45) is 0.404. The van der Waals surface area contributed by atoms with E-state index in [1.807, 2.05) is 6.07 Å². The lowest BCUT2D eigenvalue weighted by Gasteiger charge is -2.34. The van der Waals surface area contributed by atoms with Gasteiger partial charge in [0.15, 0.2) is 0 Å². The van der Waals surface area contributed by atoms with Crippen LogP contribution >= 0.6 is 0 Å². The van der Waals surface area contributed by atoms with Crippen molar-refractivity contribution in [2.45, 2.75) is 32.4 Å². The number of aromatic nitrogens is 2. The Kier molecular flexibility index (Phi) is 6.23. The molecule has 0 saturated carbocycles. The molecule has 1 saturated heterocycles. The van der Waals surface area contributed by atoms with Crippen LogP contribution in [-0.2, 0) is 24.1 Å². The first-order valence-corrected chi connectivity index (χ1v) is 12.1. The third-order valence-corrected chi connectivity index (χ3v) is 7.13. The first kappa shape index (κ1) is 23.0. The van der Waals surface area contributed by atoms with E-state index in [9.17, 15) is 14.7 Å². The predicted molar refractivity (Wildman–Crippen MR) is 133 cm³/mol. The van der Waals surface area contributed by atoms with Gasteiger partial charge < -0.3 is 29.1 Å². The molecule has 9 heteroatoms. The van der Waals surface area contributed by atoms with Crippen molar-refractivity contribution in [3.8, 4) is 0 Å². The van der Waals surface area contributed by atoms with E-state index in [1.165, 1.54) is 23.1 Å². The van der Waals surface area contributed by atoms with Crippen LogP contribution in [0.15, 0.2) is 42.5 Å². The monoisotopic (exact) mass is 477 g/mol. The van der Waals surface area contributed by atoms with Crippen LogP contribution in [0.1, 0.15) is 29.7 Å². The van der Waals surface area contributed by atoms with Crippen molar-refractivity contribution >= 4 is 29.2 Å². The summed E-state index contributed by atoms with van der Waals surface area (Å²) in [5.41, 5.74) is 5.47. The van der Waals surface area contributed by atoms with E-state index in [0.29, 0.717) is 39.3 Å². The fourth-order valence-electron chi connectivity index (χ4n) is 5.27. The average molecular weight is 478 g/mol. The molecule has 0 unspecified atom stereocenters. The molecular formula is C26H31N5O4. The lowest BCUT2D eigenvalue weighted by Crippen LogP contribution is -2.49. The molecule has 3 heterocycles. The third-order valence-electron chi connectivity index (χ3n) is 7.13. The van der Waals surface area contributed by atoms with Crippen LogP contribution in [-0.4, -0.2) is 76.5 Å². The molecular weight excluding hydrogens is 446 g/mol. The number of hydrogen-bond acceptors (Lipinski definition) is 5. The Bertz CT molecular complexity index is 1230. The van der Waals surface area contributed by atoms with Gasteiger partial charge in [-0.25, -0.2) is 14.6 Å². The zero-order valence-electron chi connectivity index (χ0n) is 20.2. The second-order valence-electron chi connectivity index (χ2n) is 9.29. The van der Waals surface area contributed by atoms with Gasteiger partial charge in [-0.2, -0.15) is 0 Å². The van der Waals surface area contributed by atoms with Crippen molar-refractivity contribution in [2.75, 3.05) is 44.7 Å². The highest BCUT2D eigenvalue weighted by Gasteiger charge is 2.29. The van der Waals surface area contributed by atoms with Gasteiger partial charge in [-0.3, -0.25) is 0 Å². The summed E-state index contributed by atoms with van der Waals surface area (Å²) in [6, 6.07) is 14.8. The highest BCUT2D eigenvalue weighted by Crippen LogP contribution is 2.34. The van der Waals surface area contributed by atoms with Crippen molar-refractivity contribution in [3.05, 3.63) is 59.2 Å². The van der Waals surface area contributed by atoms with Crippen molar-refractivity contribution in [2.24, 2.45) is 0 Å². The van der Waals surface area contributed by atoms with Gasteiger partial charge in [0.2, 0.25) is 5.95 Å². The van der Waals surface area contributed by atoms with Crippen LogP contribution in [0.25, 0.3) is 11.0 Å². The second kappa shape index (κ2) is 9.48. The number of imidazole rings is 1. The number of anilines is 1. The van der Waals surface area contributed by atoms with Gasteiger partial charge in [-0.05, 0) is 37.0 Å². The summed E-state index contributed by atoms with van der Waals surface area (Å²) in [6.45, 7) is 5.36. The smallest absolute Gasteiger partial charge is 0.409 e.